The number of thiophene rings is 1. The predicted molar refractivity (Wildman–Crippen MR) is 87.4 cm³/mol. The number of amides is 1. The van der Waals surface area contributed by atoms with Crippen LogP contribution in [0.1, 0.15) is 24.3 Å². The van der Waals surface area contributed by atoms with Crippen LogP contribution in [0.5, 0.6) is 0 Å². The number of piperazine rings is 1. The van der Waals surface area contributed by atoms with Crippen LogP contribution in [-0.2, 0) is 4.79 Å². The van der Waals surface area contributed by atoms with Gasteiger partial charge in [-0.1, -0.05) is 0 Å². The van der Waals surface area contributed by atoms with Crippen molar-refractivity contribution in [3.63, 3.8) is 0 Å². The first-order valence-electron chi connectivity index (χ1n) is 7.31. The van der Waals surface area contributed by atoms with Gasteiger partial charge in [0.1, 0.15) is 0 Å². The maximum atomic E-state index is 12.2. The molecule has 5 heteroatoms. The summed E-state index contributed by atoms with van der Waals surface area (Å²) in [4.78, 5) is 17.4. The van der Waals surface area contributed by atoms with Crippen molar-refractivity contribution >= 4 is 23.3 Å². The Kier molecular flexibility index (Phi) is 5.19. The van der Waals surface area contributed by atoms with Crippen LogP contribution in [0.15, 0.2) is 17.5 Å². The molecule has 0 aromatic carbocycles. The second-order valence-corrected chi connectivity index (χ2v) is 7.16. The quantitative estimate of drug-likeness (QED) is 0.865. The lowest BCUT2D eigenvalue weighted by Gasteiger charge is -2.36. The van der Waals surface area contributed by atoms with Gasteiger partial charge >= 0.3 is 0 Å². The molecule has 116 valence electrons. The molecule has 1 aromatic rings. The minimum absolute atomic E-state index is 0.0747. The van der Waals surface area contributed by atoms with E-state index in [0.29, 0.717) is 6.54 Å². The van der Waals surface area contributed by atoms with Crippen molar-refractivity contribution in [3.05, 3.63) is 28.0 Å². The van der Waals surface area contributed by atoms with E-state index >= 15 is 0 Å². The van der Waals surface area contributed by atoms with Gasteiger partial charge in [-0.05, 0) is 43.9 Å². The predicted octanol–water partition coefficient (Wildman–Crippen LogP) is 1.98. The molecule has 2 rings (SSSR count). The van der Waals surface area contributed by atoms with Gasteiger partial charge in [0.05, 0.1) is 5.60 Å². The minimum Gasteiger partial charge on any atom is -0.389 e. The highest BCUT2D eigenvalue weighted by Gasteiger charge is 2.24. The number of carbonyl (C=O) groups is 1. The normalized spacial score (nSPS) is 17.6. The number of rotatable bonds is 4. The van der Waals surface area contributed by atoms with Crippen LogP contribution in [0, 0.1) is 6.92 Å². The number of aryl methyl sites for hydroxylation is 1. The Morgan fingerprint density at radius 3 is 2.57 bits per heavy atom. The van der Waals surface area contributed by atoms with E-state index in [-0.39, 0.29) is 5.91 Å². The van der Waals surface area contributed by atoms with E-state index in [1.54, 1.807) is 17.4 Å². The number of nitrogens with zero attached hydrogens (tertiary/aromatic N) is 2. The number of hydrogen-bond acceptors (Lipinski definition) is 4. The average Bonchev–Trinajstić information content (AvgIpc) is 2.80. The van der Waals surface area contributed by atoms with Crippen LogP contribution in [0.2, 0.25) is 0 Å². The van der Waals surface area contributed by atoms with Gasteiger partial charge in [-0.15, -0.1) is 11.3 Å². The summed E-state index contributed by atoms with van der Waals surface area (Å²) >= 11 is 1.65. The first-order valence-corrected chi connectivity index (χ1v) is 8.19. The van der Waals surface area contributed by atoms with Gasteiger partial charge in [-0.2, -0.15) is 0 Å². The molecule has 1 aliphatic rings. The fourth-order valence-corrected chi connectivity index (χ4v) is 3.30. The number of hydrogen-bond donors (Lipinski definition) is 1. The van der Waals surface area contributed by atoms with Crippen LogP contribution in [0.25, 0.3) is 6.08 Å². The van der Waals surface area contributed by atoms with Crippen molar-refractivity contribution in [2.75, 3.05) is 32.7 Å². The minimum atomic E-state index is -0.678. The Bertz CT molecular complexity index is 509. The molecule has 0 atom stereocenters. The van der Waals surface area contributed by atoms with E-state index in [9.17, 15) is 9.90 Å². The molecular weight excluding hydrogens is 284 g/mol. The Balaban J connectivity index is 1.83. The number of aliphatic hydroxyl groups is 1. The van der Waals surface area contributed by atoms with E-state index in [4.69, 9.17) is 0 Å². The highest BCUT2D eigenvalue weighted by molar-refractivity contribution is 7.11. The molecule has 1 aromatic heterocycles. The molecule has 1 amide bonds. The molecule has 0 spiro atoms. The zero-order valence-electron chi connectivity index (χ0n) is 13.0. The van der Waals surface area contributed by atoms with Crippen molar-refractivity contribution in [1.29, 1.82) is 0 Å². The summed E-state index contributed by atoms with van der Waals surface area (Å²) in [7, 11) is 0. The van der Waals surface area contributed by atoms with Crippen LogP contribution in [0.4, 0.5) is 0 Å². The van der Waals surface area contributed by atoms with Crippen molar-refractivity contribution in [1.82, 2.24) is 9.80 Å². The van der Waals surface area contributed by atoms with Gasteiger partial charge in [-0.3, -0.25) is 9.69 Å². The standard InChI is InChI=1S/C16H24N2O2S/c1-13-6-11-21-14(13)4-5-15(19)18-9-7-17(8-10-18)12-16(2,3)20/h4-6,11,20H,7-10,12H2,1-3H3. The van der Waals surface area contributed by atoms with E-state index in [0.717, 1.165) is 31.1 Å². The lowest BCUT2D eigenvalue weighted by atomic mass is 10.1. The lowest BCUT2D eigenvalue weighted by Crippen LogP contribution is -2.51. The molecule has 1 saturated heterocycles. The molecule has 0 bridgehead atoms. The third-order valence-corrected chi connectivity index (χ3v) is 4.56. The van der Waals surface area contributed by atoms with Crippen LogP contribution >= 0.6 is 11.3 Å². The molecule has 1 fully saturated rings. The first kappa shape index (κ1) is 16.2. The van der Waals surface area contributed by atoms with Gasteiger partial charge < -0.3 is 10.0 Å². The molecule has 0 aliphatic carbocycles. The summed E-state index contributed by atoms with van der Waals surface area (Å²) in [5.74, 6) is 0.0747. The molecular formula is C16H24N2O2S. The van der Waals surface area contributed by atoms with Gasteiger partial charge in [0.15, 0.2) is 0 Å². The fourth-order valence-electron chi connectivity index (χ4n) is 2.48. The summed E-state index contributed by atoms with van der Waals surface area (Å²) in [6, 6.07) is 2.06. The molecule has 0 unspecified atom stereocenters. The first-order chi connectivity index (χ1) is 9.85. The SMILES string of the molecule is Cc1ccsc1C=CC(=O)N1CCN(CC(C)(C)O)CC1. The Labute approximate surface area is 130 Å². The van der Waals surface area contributed by atoms with Gasteiger partial charge in [0, 0.05) is 43.7 Å². The molecule has 4 nitrogen and oxygen atoms in total. The van der Waals surface area contributed by atoms with Crippen LogP contribution < -0.4 is 0 Å². The second kappa shape index (κ2) is 6.73. The third-order valence-electron chi connectivity index (χ3n) is 3.57. The van der Waals surface area contributed by atoms with Crippen LogP contribution in [-0.4, -0.2) is 59.1 Å². The Morgan fingerprint density at radius 1 is 1.38 bits per heavy atom. The van der Waals surface area contributed by atoms with Crippen molar-refractivity contribution < 1.29 is 9.90 Å². The van der Waals surface area contributed by atoms with E-state index in [1.807, 2.05) is 30.2 Å². The highest BCUT2D eigenvalue weighted by Crippen LogP contribution is 2.17. The highest BCUT2D eigenvalue weighted by atomic mass is 32.1. The molecule has 0 saturated carbocycles. The molecule has 0 radical (unpaired) electrons. The summed E-state index contributed by atoms with van der Waals surface area (Å²) < 4.78 is 0. The summed E-state index contributed by atoms with van der Waals surface area (Å²) in [6.45, 7) is 9.43. The summed E-state index contributed by atoms with van der Waals surface area (Å²) in [5, 5.41) is 11.9. The van der Waals surface area contributed by atoms with Gasteiger partial charge in [0.2, 0.25) is 5.91 Å². The van der Waals surface area contributed by atoms with Crippen molar-refractivity contribution in [3.8, 4) is 0 Å². The van der Waals surface area contributed by atoms with Gasteiger partial charge in [-0.25, -0.2) is 0 Å². The summed E-state index contributed by atoms with van der Waals surface area (Å²) in [6.07, 6.45) is 3.58. The van der Waals surface area contributed by atoms with E-state index in [2.05, 4.69) is 17.9 Å². The fraction of sp³-hybridized carbons (Fsp3) is 0.562. The number of carbonyl (C=O) groups excluding carboxylic acids is 1. The maximum absolute atomic E-state index is 12.2. The number of β-amino-alcohol motifs (C(OH)–C–C–N with tert-alkyl or cyclic N) is 1. The topological polar surface area (TPSA) is 43.8 Å². The average molecular weight is 308 g/mol. The smallest absolute Gasteiger partial charge is 0.246 e. The molecule has 2 heterocycles. The lowest BCUT2D eigenvalue weighted by molar-refractivity contribution is -0.128. The molecule has 1 aliphatic heterocycles. The van der Waals surface area contributed by atoms with Crippen LogP contribution in [0.3, 0.4) is 0 Å². The zero-order chi connectivity index (χ0) is 15.5. The summed E-state index contributed by atoms with van der Waals surface area (Å²) in [5.41, 5.74) is 0.530. The zero-order valence-corrected chi connectivity index (χ0v) is 13.8. The monoisotopic (exact) mass is 308 g/mol. The van der Waals surface area contributed by atoms with Crippen molar-refractivity contribution in [2.24, 2.45) is 0 Å². The Morgan fingerprint density at radius 2 is 2.05 bits per heavy atom. The maximum Gasteiger partial charge on any atom is 0.246 e. The molecule has 21 heavy (non-hydrogen) atoms. The molecule has 1 N–H and O–H groups in total. The van der Waals surface area contributed by atoms with Crippen molar-refractivity contribution in [2.45, 2.75) is 26.4 Å². The second-order valence-electron chi connectivity index (χ2n) is 6.22. The third kappa shape index (κ3) is 4.95. The Hall–Kier alpha value is -1.17. The van der Waals surface area contributed by atoms with Gasteiger partial charge in [0.25, 0.3) is 0 Å². The van der Waals surface area contributed by atoms with E-state index in [1.165, 1.54) is 5.56 Å². The van der Waals surface area contributed by atoms with E-state index < -0.39 is 5.60 Å². The largest absolute Gasteiger partial charge is 0.389 e.